The van der Waals surface area contributed by atoms with Crippen LogP contribution in [0.1, 0.15) is 31.9 Å². The average Bonchev–Trinajstić information content (AvgIpc) is 2.47. The van der Waals surface area contributed by atoms with Crippen molar-refractivity contribution in [1.29, 1.82) is 0 Å². The lowest BCUT2D eigenvalue weighted by molar-refractivity contribution is 0.647. The molecule has 2 aromatic carbocycles. The van der Waals surface area contributed by atoms with E-state index in [0.29, 0.717) is 5.92 Å². The third-order valence-electron chi connectivity index (χ3n) is 3.48. The molecule has 0 aliphatic rings. The highest BCUT2D eigenvalue weighted by Crippen LogP contribution is 2.23. The predicted molar refractivity (Wildman–Crippen MR) is 87.1 cm³/mol. The van der Waals surface area contributed by atoms with Crippen LogP contribution >= 0.6 is 0 Å². The van der Waals surface area contributed by atoms with E-state index in [-0.39, 0.29) is 0 Å². The zero-order valence-electron chi connectivity index (χ0n) is 12.6. The number of hydrazine groups is 1. The predicted octanol–water partition coefficient (Wildman–Crippen LogP) is 4.46. The van der Waals surface area contributed by atoms with Crippen LogP contribution in [0.5, 0.6) is 0 Å². The topological polar surface area (TPSA) is 29.3 Å². The molecule has 0 heterocycles. The number of hydrogen-bond acceptors (Lipinski definition) is 2. The summed E-state index contributed by atoms with van der Waals surface area (Å²) in [6, 6.07) is 16.9. The Balaban J connectivity index is 2.13. The molecule has 0 unspecified atom stereocenters. The molecule has 2 N–H and O–H groups in total. The Morgan fingerprint density at radius 3 is 1.70 bits per heavy atom. The summed E-state index contributed by atoms with van der Waals surface area (Å²) in [6.45, 7) is 6.62. The Hall–Kier alpha value is -1.80. The molecule has 2 nitrogen and oxygen atoms in total. The first-order valence-corrected chi connectivity index (χ1v) is 7.33. The highest BCUT2D eigenvalue weighted by Gasteiger charge is 2.05. The molecule has 0 aliphatic heterocycles. The Bertz CT molecular complexity index is 526. The quantitative estimate of drug-likeness (QED) is 0.641. The molecule has 0 amide bonds. The van der Waals surface area contributed by atoms with Gasteiger partial charge in [-0.05, 0) is 54.2 Å². The minimum Gasteiger partial charge on any atom is -0.280 e. The number of rotatable bonds is 5. The van der Waals surface area contributed by atoms with Gasteiger partial charge in [-0.15, -0.1) is 0 Å². The molecular weight excluding hydrogens is 244 g/mol. The lowest BCUT2D eigenvalue weighted by Crippen LogP contribution is -2.24. The van der Waals surface area contributed by atoms with Crippen LogP contribution in [0, 0.1) is 5.92 Å². The third kappa shape index (κ3) is 3.61. The fourth-order valence-corrected chi connectivity index (χ4v) is 2.31. The number of nitrogens with zero attached hydrogens (tertiary/aromatic N) is 1. The van der Waals surface area contributed by atoms with Gasteiger partial charge in [0, 0.05) is 0 Å². The van der Waals surface area contributed by atoms with Gasteiger partial charge in [0.05, 0.1) is 11.4 Å². The molecule has 0 saturated carbocycles. The molecular formula is C18H24N2. The number of benzene rings is 2. The van der Waals surface area contributed by atoms with Gasteiger partial charge in [0.15, 0.2) is 0 Å². The SMILES string of the molecule is CCc1ccc(N(N)c2ccc(CC(C)C)cc2)cc1. The highest BCUT2D eigenvalue weighted by molar-refractivity contribution is 5.62. The largest absolute Gasteiger partial charge is 0.280 e. The van der Waals surface area contributed by atoms with E-state index >= 15 is 0 Å². The summed E-state index contributed by atoms with van der Waals surface area (Å²) < 4.78 is 0. The molecule has 2 aromatic rings. The van der Waals surface area contributed by atoms with Crippen LogP contribution in [0.2, 0.25) is 0 Å². The number of nitrogens with two attached hydrogens (primary N) is 1. The van der Waals surface area contributed by atoms with Crippen LogP contribution in [0.3, 0.4) is 0 Å². The van der Waals surface area contributed by atoms with Crippen molar-refractivity contribution in [3.05, 3.63) is 59.7 Å². The Labute approximate surface area is 122 Å². The van der Waals surface area contributed by atoms with E-state index in [9.17, 15) is 0 Å². The molecule has 0 atom stereocenters. The molecule has 0 fully saturated rings. The number of hydrogen-bond donors (Lipinski definition) is 1. The van der Waals surface area contributed by atoms with E-state index in [2.05, 4.69) is 69.3 Å². The Kier molecular flexibility index (Phi) is 4.80. The van der Waals surface area contributed by atoms with E-state index < -0.39 is 0 Å². The van der Waals surface area contributed by atoms with E-state index in [4.69, 9.17) is 5.84 Å². The van der Waals surface area contributed by atoms with Gasteiger partial charge in [-0.2, -0.15) is 0 Å². The summed E-state index contributed by atoms with van der Waals surface area (Å²) in [5.74, 6) is 6.87. The summed E-state index contributed by atoms with van der Waals surface area (Å²) in [6.07, 6.45) is 2.16. The summed E-state index contributed by atoms with van der Waals surface area (Å²) >= 11 is 0. The second-order valence-electron chi connectivity index (χ2n) is 5.65. The van der Waals surface area contributed by atoms with Crippen molar-refractivity contribution in [3.8, 4) is 0 Å². The maximum absolute atomic E-state index is 6.19. The lowest BCUT2D eigenvalue weighted by atomic mass is 10.0. The first-order chi connectivity index (χ1) is 9.60. The fourth-order valence-electron chi connectivity index (χ4n) is 2.31. The second kappa shape index (κ2) is 6.58. The average molecular weight is 268 g/mol. The summed E-state index contributed by atoms with van der Waals surface area (Å²) in [4.78, 5) is 0. The summed E-state index contributed by atoms with van der Waals surface area (Å²) in [5.41, 5.74) is 4.72. The highest BCUT2D eigenvalue weighted by atomic mass is 15.4. The number of anilines is 2. The van der Waals surface area contributed by atoms with Crippen LogP contribution in [0.15, 0.2) is 48.5 Å². The zero-order chi connectivity index (χ0) is 14.5. The van der Waals surface area contributed by atoms with Gasteiger partial charge in [-0.25, -0.2) is 5.84 Å². The summed E-state index contributed by atoms with van der Waals surface area (Å²) in [5, 5.41) is 1.73. The second-order valence-corrected chi connectivity index (χ2v) is 5.65. The minimum absolute atomic E-state index is 0.677. The lowest BCUT2D eigenvalue weighted by Gasteiger charge is -2.19. The minimum atomic E-state index is 0.677. The third-order valence-corrected chi connectivity index (χ3v) is 3.48. The van der Waals surface area contributed by atoms with Crippen molar-refractivity contribution in [2.75, 3.05) is 5.01 Å². The van der Waals surface area contributed by atoms with Gasteiger partial charge < -0.3 is 0 Å². The van der Waals surface area contributed by atoms with Crippen molar-refractivity contribution in [3.63, 3.8) is 0 Å². The van der Waals surface area contributed by atoms with Crippen LogP contribution in [-0.2, 0) is 12.8 Å². The maximum Gasteiger partial charge on any atom is 0.0575 e. The first-order valence-electron chi connectivity index (χ1n) is 7.33. The van der Waals surface area contributed by atoms with E-state index in [1.807, 2.05) is 0 Å². The van der Waals surface area contributed by atoms with Crippen molar-refractivity contribution < 1.29 is 0 Å². The molecule has 0 saturated heterocycles. The van der Waals surface area contributed by atoms with Gasteiger partial charge in [0.25, 0.3) is 0 Å². The molecule has 0 bridgehead atoms. The Morgan fingerprint density at radius 1 is 0.850 bits per heavy atom. The van der Waals surface area contributed by atoms with Crippen molar-refractivity contribution in [2.45, 2.75) is 33.6 Å². The standard InChI is InChI=1S/C18H24N2/c1-4-15-5-9-17(10-6-15)20(19)18-11-7-16(8-12-18)13-14(2)3/h5-12,14H,4,13,19H2,1-3H3. The molecule has 106 valence electrons. The monoisotopic (exact) mass is 268 g/mol. The van der Waals surface area contributed by atoms with Crippen LogP contribution in [0.25, 0.3) is 0 Å². The van der Waals surface area contributed by atoms with Gasteiger partial charge in [0.2, 0.25) is 0 Å². The molecule has 0 aromatic heterocycles. The molecule has 2 rings (SSSR count). The number of aryl methyl sites for hydroxylation is 1. The molecule has 0 spiro atoms. The van der Waals surface area contributed by atoms with Crippen molar-refractivity contribution >= 4 is 11.4 Å². The maximum atomic E-state index is 6.19. The molecule has 20 heavy (non-hydrogen) atoms. The van der Waals surface area contributed by atoms with Gasteiger partial charge >= 0.3 is 0 Å². The van der Waals surface area contributed by atoms with Gasteiger partial charge in [-0.1, -0.05) is 45.0 Å². The van der Waals surface area contributed by atoms with Crippen LogP contribution in [-0.4, -0.2) is 0 Å². The fraction of sp³-hybridized carbons (Fsp3) is 0.333. The smallest absolute Gasteiger partial charge is 0.0575 e. The van der Waals surface area contributed by atoms with E-state index in [1.165, 1.54) is 11.1 Å². The summed E-state index contributed by atoms with van der Waals surface area (Å²) in [7, 11) is 0. The van der Waals surface area contributed by atoms with Gasteiger partial charge in [0.1, 0.15) is 0 Å². The van der Waals surface area contributed by atoms with Crippen molar-refractivity contribution in [2.24, 2.45) is 11.8 Å². The first kappa shape index (κ1) is 14.6. The van der Waals surface area contributed by atoms with E-state index in [0.717, 1.165) is 24.2 Å². The van der Waals surface area contributed by atoms with E-state index in [1.54, 1.807) is 5.01 Å². The molecule has 0 aliphatic carbocycles. The normalized spacial score (nSPS) is 10.8. The molecule has 2 heteroatoms. The van der Waals surface area contributed by atoms with Crippen LogP contribution < -0.4 is 10.9 Å². The van der Waals surface area contributed by atoms with Crippen molar-refractivity contribution in [1.82, 2.24) is 0 Å². The van der Waals surface area contributed by atoms with Crippen LogP contribution in [0.4, 0.5) is 11.4 Å². The van der Waals surface area contributed by atoms with Gasteiger partial charge in [-0.3, -0.25) is 5.01 Å². The molecule has 0 radical (unpaired) electrons. The zero-order valence-corrected chi connectivity index (χ0v) is 12.6. The Morgan fingerprint density at radius 2 is 1.30 bits per heavy atom.